The first-order chi connectivity index (χ1) is 8.72. The molecule has 0 amide bonds. The molecule has 0 aliphatic carbocycles. The summed E-state index contributed by atoms with van der Waals surface area (Å²) in [6, 6.07) is 5.99. The van der Waals surface area contributed by atoms with Crippen LogP contribution in [0.2, 0.25) is 0 Å². The number of aliphatic hydroxyl groups excluding tert-OH is 2. The molecule has 5 nitrogen and oxygen atoms in total. The van der Waals surface area contributed by atoms with Gasteiger partial charge in [0, 0.05) is 19.2 Å². The fourth-order valence-electron chi connectivity index (χ4n) is 1.97. The number of H-pyrrole nitrogens is 1. The number of nitrogens with zero attached hydrogens (tertiary/aromatic N) is 1. The van der Waals surface area contributed by atoms with Gasteiger partial charge in [0.25, 0.3) is 0 Å². The molecule has 4 N–H and O–H groups in total. The average molecular weight is 249 g/mol. The SMILES string of the molecule is Cc1nc2ccc(CNC(CO)CCO)cc2[nH]1. The lowest BCUT2D eigenvalue weighted by atomic mass is 10.1. The highest BCUT2D eigenvalue weighted by Crippen LogP contribution is 2.13. The second kappa shape index (κ2) is 5.95. The monoisotopic (exact) mass is 249 g/mol. The standard InChI is InChI=1S/C13H19N3O2/c1-9-15-12-3-2-10(6-13(12)16-9)7-14-11(8-18)4-5-17/h2-3,6,11,14,17-18H,4-5,7-8H2,1H3,(H,15,16). The third kappa shape index (κ3) is 3.07. The zero-order chi connectivity index (χ0) is 13.0. The third-order valence-electron chi connectivity index (χ3n) is 2.96. The van der Waals surface area contributed by atoms with Crippen molar-refractivity contribution in [3.63, 3.8) is 0 Å². The Morgan fingerprint density at radius 2 is 2.22 bits per heavy atom. The number of nitrogens with one attached hydrogen (secondary N) is 2. The van der Waals surface area contributed by atoms with Gasteiger partial charge in [0.1, 0.15) is 5.82 Å². The third-order valence-corrected chi connectivity index (χ3v) is 2.96. The normalized spacial score (nSPS) is 13.1. The summed E-state index contributed by atoms with van der Waals surface area (Å²) < 4.78 is 0. The Bertz CT molecular complexity index is 510. The molecule has 2 aromatic rings. The maximum absolute atomic E-state index is 9.12. The Morgan fingerprint density at radius 3 is 2.94 bits per heavy atom. The van der Waals surface area contributed by atoms with Crippen molar-refractivity contribution in [1.82, 2.24) is 15.3 Å². The minimum atomic E-state index is -0.0609. The first kappa shape index (κ1) is 13.0. The number of aromatic amines is 1. The van der Waals surface area contributed by atoms with Gasteiger partial charge < -0.3 is 20.5 Å². The Hall–Kier alpha value is -1.43. The lowest BCUT2D eigenvalue weighted by molar-refractivity contribution is 0.200. The van der Waals surface area contributed by atoms with E-state index < -0.39 is 0 Å². The first-order valence-corrected chi connectivity index (χ1v) is 6.13. The molecule has 0 saturated carbocycles. The summed E-state index contributed by atoms with van der Waals surface area (Å²) in [7, 11) is 0. The molecule has 1 aromatic carbocycles. The van der Waals surface area contributed by atoms with Crippen molar-refractivity contribution < 1.29 is 10.2 Å². The van der Waals surface area contributed by atoms with E-state index in [-0.39, 0.29) is 19.3 Å². The molecule has 0 radical (unpaired) electrons. The summed E-state index contributed by atoms with van der Waals surface area (Å²) in [5, 5.41) is 21.2. The lowest BCUT2D eigenvalue weighted by Gasteiger charge is -2.14. The molecule has 0 aliphatic heterocycles. The number of rotatable bonds is 6. The van der Waals surface area contributed by atoms with Crippen molar-refractivity contribution in [3.05, 3.63) is 29.6 Å². The van der Waals surface area contributed by atoms with E-state index in [1.807, 2.05) is 19.1 Å². The summed E-state index contributed by atoms with van der Waals surface area (Å²) in [5.74, 6) is 0.906. The van der Waals surface area contributed by atoms with E-state index in [1.54, 1.807) is 0 Å². The number of benzene rings is 1. The molecule has 2 rings (SSSR count). The van der Waals surface area contributed by atoms with Crippen LogP contribution >= 0.6 is 0 Å². The minimum absolute atomic E-state index is 0.0337. The van der Waals surface area contributed by atoms with Gasteiger partial charge in [0.2, 0.25) is 0 Å². The molecule has 0 aliphatic rings. The van der Waals surface area contributed by atoms with Crippen LogP contribution in [0, 0.1) is 6.92 Å². The van der Waals surface area contributed by atoms with Crippen LogP contribution in [-0.4, -0.2) is 39.4 Å². The van der Waals surface area contributed by atoms with Gasteiger partial charge in [-0.1, -0.05) is 6.07 Å². The highest BCUT2D eigenvalue weighted by molar-refractivity contribution is 5.75. The Morgan fingerprint density at radius 1 is 1.39 bits per heavy atom. The number of hydrogen-bond acceptors (Lipinski definition) is 4. The quantitative estimate of drug-likeness (QED) is 0.607. The molecule has 18 heavy (non-hydrogen) atoms. The van der Waals surface area contributed by atoms with E-state index in [1.165, 1.54) is 0 Å². The summed E-state index contributed by atoms with van der Waals surface area (Å²) in [6.07, 6.45) is 0.557. The number of aliphatic hydroxyl groups is 2. The van der Waals surface area contributed by atoms with Crippen molar-refractivity contribution in [3.8, 4) is 0 Å². The van der Waals surface area contributed by atoms with Crippen LogP contribution < -0.4 is 5.32 Å². The summed E-state index contributed by atoms with van der Waals surface area (Å²) in [6.45, 7) is 2.71. The van der Waals surface area contributed by atoms with Gasteiger partial charge in [-0.25, -0.2) is 4.98 Å². The van der Waals surface area contributed by atoms with Gasteiger partial charge in [0.15, 0.2) is 0 Å². The van der Waals surface area contributed by atoms with Crippen LogP contribution in [0.25, 0.3) is 11.0 Å². The number of aromatic nitrogens is 2. The molecule has 0 saturated heterocycles. The maximum atomic E-state index is 9.12. The van der Waals surface area contributed by atoms with Crippen LogP contribution in [0.1, 0.15) is 17.8 Å². The largest absolute Gasteiger partial charge is 0.396 e. The minimum Gasteiger partial charge on any atom is -0.396 e. The molecule has 5 heteroatoms. The number of fused-ring (bicyclic) bond motifs is 1. The molecular formula is C13H19N3O2. The predicted octanol–water partition coefficient (Wildman–Crippen LogP) is 0.704. The first-order valence-electron chi connectivity index (χ1n) is 6.13. The van der Waals surface area contributed by atoms with Crippen LogP contribution in [-0.2, 0) is 6.54 Å². The molecule has 1 aromatic heterocycles. The predicted molar refractivity (Wildman–Crippen MR) is 70.2 cm³/mol. The van der Waals surface area contributed by atoms with E-state index in [4.69, 9.17) is 10.2 Å². The van der Waals surface area contributed by atoms with Gasteiger partial charge in [-0.05, 0) is 31.0 Å². The fourth-order valence-corrected chi connectivity index (χ4v) is 1.97. The molecular weight excluding hydrogens is 230 g/mol. The molecule has 1 heterocycles. The van der Waals surface area contributed by atoms with Crippen LogP contribution in [0.15, 0.2) is 18.2 Å². The van der Waals surface area contributed by atoms with Gasteiger partial charge >= 0.3 is 0 Å². The topological polar surface area (TPSA) is 81.2 Å². The van der Waals surface area contributed by atoms with Crippen molar-refractivity contribution in [2.24, 2.45) is 0 Å². The van der Waals surface area contributed by atoms with Crippen LogP contribution in [0.5, 0.6) is 0 Å². The molecule has 1 atom stereocenters. The van der Waals surface area contributed by atoms with E-state index in [0.29, 0.717) is 13.0 Å². The Balaban J connectivity index is 2.02. The zero-order valence-corrected chi connectivity index (χ0v) is 10.5. The lowest BCUT2D eigenvalue weighted by Crippen LogP contribution is -2.32. The molecule has 0 bridgehead atoms. The summed E-state index contributed by atoms with van der Waals surface area (Å²) >= 11 is 0. The van der Waals surface area contributed by atoms with Gasteiger partial charge in [-0.2, -0.15) is 0 Å². The highest BCUT2D eigenvalue weighted by Gasteiger charge is 2.06. The van der Waals surface area contributed by atoms with E-state index in [2.05, 4.69) is 21.4 Å². The second-order valence-electron chi connectivity index (χ2n) is 4.45. The molecule has 0 spiro atoms. The summed E-state index contributed by atoms with van der Waals surface area (Å²) in [5.41, 5.74) is 3.11. The van der Waals surface area contributed by atoms with Gasteiger partial charge in [-0.3, -0.25) is 0 Å². The van der Waals surface area contributed by atoms with E-state index in [9.17, 15) is 0 Å². The van der Waals surface area contributed by atoms with Crippen molar-refractivity contribution in [1.29, 1.82) is 0 Å². The Kier molecular flexibility index (Phi) is 4.30. The van der Waals surface area contributed by atoms with Gasteiger partial charge in [0.05, 0.1) is 17.6 Å². The van der Waals surface area contributed by atoms with E-state index >= 15 is 0 Å². The number of imidazole rings is 1. The van der Waals surface area contributed by atoms with Gasteiger partial charge in [-0.15, -0.1) is 0 Å². The second-order valence-corrected chi connectivity index (χ2v) is 4.45. The van der Waals surface area contributed by atoms with E-state index in [0.717, 1.165) is 22.4 Å². The van der Waals surface area contributed by atoms with Crippen molar-refractivity contribution in [2.45, 2.75) is 25.9 Å². The van der Waals surface area contributed by atoms with Crippen LogP contribution in [0.4, 0.5) is 0 Å². The smallest absolute Gasteiger partial charge is 0.104 e. The average Bonchev–Trinajstić information content (AvgIpc) is 2.73. The highest BCUT2D eigenvalue weighted by atomic mass is 16.3. The van der Waals surface area contributed by atoms with Crippen molar-refractivity contribution >= 4 is 11.0 Å². The molecule has 98 valence electrons. The number of aryl methyl sites for hydroxylation is 1. The summed E-state index contributed by atoms with van der Waals surface area (Å²) in [4.78, 5) is 7.54. The molecule has 1 unspecified atom stereocenters. The Labute approximate surface area is 106 Å². The van der Waals surface area contributed by atoms with Crippen molar-refractivity contribution in [2.75, 3.05) is 13.2 Å². The molecule has 0 fully saturated rings. The fraction of sp³-hybridized carbons (Fsp3) is 0.462. The van der Waals surface area contributed by atoms with Crippen LogP contribution in [0.3, 0.4) is 0 Å². The maximum Gasteiger partial charge on any atom is 0.104 e. The number of hydrogen-bond donors (Lipinski definition) is 4. The zero-order valence-electron chi connectivity index (χ0n) is 10.5.